The van der Waals surface area contributed by atoms with E-state index in [9.17, 15) is 14.3 Å². The Labute approximate surface area is 135 Å². The number of hydrogen-bond acceptors (Lipinski definition) is 5. The zero-order valence-corrected chi connectivity index (χ0v) is 12.5. The molecule has 9 nitrogen and oxygen atoms in total. The van der Waals surface area contributed by atoms with E-state index in [0.717, 1.165) is 0 Å². The standard InChI is InChI=1S/C14H13FN2O3.HNO3/c1-8-4-11(17-7-16-6-12(17)14(18)19)10-5-9(15)2-3-13(10)20-8;2-1(3)4/h2-3,5-8,11H,4H2,1H3,(H,18,19);(H,2,3,4)/t8-,11-;/m0./s1. The van der Waals surface area contributed by atoms with E-state index in [1.54, 1.807) is 10.6 Å². The summed E-state index contributed by atoms with van der Waals surface area (Å²) in [5.41, 5.74) is 0.725. The number of ether oxygens (including phenoxy) is 1. The van der Waals surface area contributed by atoms with Gasteiger partial charge in [0.1, 0.15) is 17.3 Å². The Morgan fingerprint density at radius 1 is 1.54 bits per heavy atom. The number of nitrogens with zero attached hydrogens (tertiary/aromatic N) is 3. The molecule has 0 radical (unpaired) electrons. The third-order valence-electron chi connectivity index (χ3n) is 3.44. The SMILES string of the molecule is C[C@H]1C[C@H](n2cncc2C(=O)O)c2cc(F)ccc2O1.O=[N+]([O-])O. The van der Waals surface area contributed by atoms with Gasteiger partial charge in [0, 0.05) is 12.0 Å². The Morgan fingerprint density at radius 2 is 2.21 bits per heavy atom. The normalized spacial score (nSPS) is 18.6. The van der Waals surface area contributed by atoms with Gasteiger partial charge in [-0.3, -0.25) is 0 Å². The fourth-order valence-electron chi connectivity index (χ4n) is 2.58. The van der Waals surface area contributed by atoms with Crippen molar-refractivity contribution in [1.82, 2.24) is 9.55 Å². The van der Waals surface area contributed by atoms with E-state index in [2.05, 4.69) is 4.98 Å². The summed E-state index contributed by atoms with van der Waals surface area (Å²) in [6.45, 7) is 1.90. The van der Waals surface area contributed by atoms with Gasteiger partial charge in [0.15, 0.2) is 0 Å². The van der Waals surface area contributed by atoms with Gasteiger partial charge in [-0.1, -0.05) is 0 Å². The summed E-state index contributed by atoms with van der Waals surface area (Å²) < 4.78 is 20.7. The van der Waals surface area contributed by atoms with Crippen LogP contribution in [0.1, 0.15) is 35.4 Å². The Balaban J connectivity index is 0.000000471. The molecule has 0 spiro atoms. The van der Waals surface area contributed by atoms with Crippen molar-refractivity contribution in [3.63, 3.8) is 0 Å². The van der Waals surface area contributed by atoms with Crippen LogP contribution in [0.15, 0.2) is 30.7 Å². The predicted octanol–water partition coefficient (Wildman–Crippen LogP) is 2.13. The Kier molecular flexibility index (Phi) is 4.97. The fourth-order valence-corrected chi connectivity index (χ4v) is 2.58. The highest BCUT2D eigenvalue weighted by molar-refractivity contribution is 5.85. The molecule has 3 rings (SSSR count). The molecule has 0 amide bonds. The van der Waals surface area contributed by atoms with Crippen LogP contribution in [0.5, 0.6) is 5.75 Å². The van der Waals surface area contributed by atoms with E-state index in [0.29, 0.717) is 17.7 Å². The van der Waals surface area contributed by atoms with Gasteiger partial charge in [-0.05, 0) is 25.1 Å². The molecular formula is C14H14FN3O6. The fraction of sp³-hybridized carbons (Fsp3) is 0.286. The molecule has 2 heterocycles. The number of rotatable bonds is 2. The predicted molar refractivity (Wildman–Crippen MR) is 77.2 cm³/mol. The molecule has 1 aromatic carbocycles. The van der Waals surface area contributed by atoms with E-state index in [1.165, 1.54) is 24.7 Å². The molecule has 24 heavy (non-hydrogen) atoms. The zero-order chi connectivity index (χ0) is 17.9. The number of hydrogen-bond donors (Lipinski definition) is 2. The van der Waals surface area contributed by atoms with Crippen molar-refractivity contribution in [2.45, 2.75) is 25.5 Å². The lowest BCUT2D eigenvalue weighted by Crippen LogP contribution is -2.28. The van der Waals surface area contributed by atoms with Crippen molar-refractivity contribution in [2.24, 2.45) is 0 Å². The first-order valence-electron chi connectivity index (χ1n) is 6.84. The zero-order valence-electron chi connectivity index (χ0n) is 12.5. The molecule has 128 valence electrons. The molecule has 0 bridgehead atoms. The van der Waals surface area contributed by atoms with E-state index in [-0.39, 0.29) is 23.7 Å². The van der Waals surface area contributed by atoms with Gasteiger partial charge in [-0.25, -0.2) is 14.2 Å². The smallest absolute Gasteiger partial charge is 0.354 e. The van der Waals surface area contributed by atoms with Crippen LogP contribution in [0.25, 0.3) is 0 Å². The highest BCUT2D eigenvalue weighted by Gasteiger charge is 2.29. The summed E-state index contributed by atoms with van der Waals surface area (Å²) in [5, 5.41) is 22.8. The second-order valence-corrected chi connectivity index (χ2v) is 5.09. The highest BCUT2D eigenvalue weighted by Crippen LogP contribution is 2.38. The first-order valence-corrected chi connectivity index (χ1v) is 6.84. The second-order valence-electron chi connectivity index (χ2n) is 5.09. The van der Waals surface area contributed by atoms with Gasteiger partial charge < -0.3 is 19.6 Å². The first kappa shape index (κ1) is 17.2. The van der Waals surface area contributed by atoms with Crippen molar-refractivity contribution in [2.75, 3.05) is 0 Å². The molecule has 0 fully saturated rings. The van der Waals surface area contributed by atoms with E-state index in [1.807, 2.05) is 6.92 Å². The quantitative estimate of drug-likeness (QED) is 0.633. The summed E-state index contributed by atoms with van der Waals surface area (Å²) in [4.78, 5) is 23.5. The number of carbonyl (C=O) groups is 1. The Bertz CT molecular complexity index is 759. The molecular weight excluding hydrogens is 325 g/mol. The van der Waals surface area contributed by atoms with Gasteiger partial charge in [-0.15, -0.1) is 10.1 Å². The molecule has 1 aromatic heterocycles. The molecule has 0 aliphatic carbocycles. The number of benzene rings is 1. The molecule has 0 unspecified atom stereocenters. The maximum Gasteiger partial charge on any atom is 0.354 e. The Hall–Kier alpha value is -3.17. The topological polar surface area (TPSA) is 128 Å². The lowest BCUT2D eigenvalue weighted by Gasteiger charge is -2.31. The minimum Gasteiger partial charge on any atom is -0.490 e. The van der Waals surface area contributed by atoms with Crippen LogP contribution in [0.3, 0.4) is 0 Å². The molecule has 0 saturated carbocycles. The lowest BCUT2D eigenvalue weighted by molar-refractivity contribution is -0.742. The molecule has 1 aliphatic rings. The molecule has 1 aliphatic heterocycles. The van der Waals surface area contributed by atoms with E-state index in [4.69, 9.17) is 20.1 Å². The first-order chi connectivity index (χ1) is 11.3. The maximum absolute atomic E-state index is 13.5. The minimum atomic E-state index is -1.50. The van der Waals surface area contributed by atoms with Gasteiger partial charge in [0.25, 0.3) is 5.09 Å². The number of imidazole rings is 1. The van der Waals surface area contributed by atoms with Crippen molar-refractivity contribution >= 4 is 5.97 Å². The van der Waals surface area contributed by atoms with Crippen molar-refractivity contribution in [1.29, 1.82) is 0 Å². The van der Waals surface area contributed by atoms with Gasteiger partial charge in [0.2, 0.25) is 0 Å². The van der Waals surface area contributed by atoms with Crippen LogP contribution < -0.4 is 4.74 Å². The van der Waals surface area contributed by atoms with Crippen LogP contribution in [-0.2, 0) is 0 Å². The van der Waals surface area contributed by atoms with Crippen LogP contribution in [-0.4, -0.2) is 37.0 Å². The third kappa shape index (κ3) is 3.77. The summed E-state index contributed by atoms with van der Waals surface area (Å²) in [5.74, 6) is -0.844. The highest BCUT2D eigenvalue weighted by atomic mass is 19.1. The van der Waals surface area contributed by atoms with Crippen LogP contribution in [0.2, 0.25) is 0 Å². The minimum absolute atomic E-state index is 0.0815. The van der Waals surface area contributed by atoms with Crippen molar-refractivity contribution < 1.29 is 29.3 Å². The third-order valence-corrected chi connectivity index (χ3v) is 3.44. The number of fused-ring (bicyclic) bond motifs is 1. The number of halogens is 1. The van der Waals surface area contributed by atoms with E-state index < -0.39 is 11.1 Å². The monoisotopic (exact) mass is 339 g/mol. The summed E-state index contributed by atoms with van der Waals surface area (Å²) >= 11 is 0. The van der Waals surface area contributed by atoms with Crippen molar-refractivity contribution in [3.8, 4) is 5.75 Å². The number of carboxylic acid groups (broad SMARTS) is 1. The largest absolute Gasteiger partial charge is 0.490 e. The summed E-state index contributed by atoms with van der Waals surface area (Å²) in [6.07, 6.45) is 3.23. The molecule has 2 atom stereocenters. The average Bonchev–Trinajstić information content (AvgIpc) is 2.96. The second kappa shape index (κ2) is 6.94. The van der Waals surface area contributed by atoms with Gasteiger partial charge in [0.05, 0.1) is 24.7 Å². The number of aromatic carboxylic acids is 1. The maximum atomic E-state index is 13.5. The lowest BCUT2D eigenvalue weighted by atomic mass is 9.96. The van der Waals surface area contributed by atoms with Crippen molar-refractivity contribution in [3.05, 3.63) is 57.9 Å². The van der Waals surface area contributed by atoms with Gasteiger partial charge in [-0.2, -0.15) is 0 Å². The number of carboxylic acids is 1. The molecule has 0 saturated heterocycles. The van der Waals surface area contributed by atoms with Gasteiger partial charge >= 0.3 is 5.97 Å². The van der Waals surface area contributed by atoms with Crippen LogP contribution in [0, 0.1) is 15.9 Å². The van der Waals surface area contributed by atoms with E-state index >= 15 is 0 Å². The molecule has 2 aromatic rings. The molecule has 10 heteroatoms. The Morgan fingerprint density at radius 3 is 2.83 bits per heavy atom. The molecule has 2 N–H and O–H groups in total. The van der Waals surface area contributed by atoms with Crippen LogP contribution in [0.4, 0.5) is 4.39 Å². The van der Waals surface area contributed by atoms with Crippen LogP contribution >= 0.6 is 0 Å². The summed E-state index contributed by atoms with van der Waals surface area (Å²) in [6, 6.07) is 4.00. The number of aromatic nitrogens is 2. The summed E-state index contributed by atoms with van der Waals surface area (Å²) in [7, 11) is 0. The average molecular weight is 339 g/mol.